The second-order valence-electron chi connectivity index (χ2n) is 4.03. The second kappa shape index (κ2) is 6.54. The van der Waals surface area contributed by atoms with Crippen LogP contribution in [0, 0.1) is 13.8 Å². The Hall–Kier alpha value is -2.17. The molecule has 0 bridgehead atoms. The number of nitrogen functional groups attached to an aromatic ring is 1. The third-order valence-corrected chi connectivity index (χ3v) is 2.21. The molecule has 2 aromatic rings. The highest BCUT2D eigenvalue weighted by Gasteiger charge is 1.96. The molecule has 1 aromatic carbocycles. The van der Waals surface area contributed by atoms with Gasteiger partial charge in [-0.3, -0.25) is 0 Å². The summed E-state index contributed by atoms with van der Waals surface area (Å²) in [5.41, 5.74) is 7.53. The van der Waals surface area contributed by atoms with Crippen molar-refractivity contribution in [1.82, 2.24) is 15.0 Å². The Morgan fingerprint density at radius 3 is 2.28 bits per heavy atom. The van der Waals surface area contributed by atoms with Gasteiger partial charge < -0.3 is 10.6 Å². The molecule has 0 spiro atoms. The van der Waals surface area contributed by atoms with E-state index in [-0.39, 0.29) is 6.30 Å². The molecule has 0 fully saturated rings. The minimum atomic E-state index is 0.0150. The van der Waals surface area contributed by atoms with Crippen molar-refractivity contribution >= 4 is 11.6 Å². The number of aryl methyl sites for hydroxylation is 2. The number of nitrogens with two attached hydrogens (primary N) is 1. The first-order chi connectivity index (χ1) is 8.90. The summed E-state index contributed by atoms with van der Waals surface area (Å²) >= 11 is 0. The van der Waals surface area contributed by atoms with Gasteiger partial charge in [0.15, 0.2) is 0 Å². The molecule has 0 atom stereocenters. The largest absolute Gasteiger partial charge is 0.399 e. The topological polar surface area (TPSA) is 67.9 Å². The minimum absolute atomic E-state index is 0.0150. The lowest BCUT2D eigenvalue weighted by Crippen LogP contribution is -2.13. The number of hydrogen-bond donors (Lipinski definition) is 1. The normalized spacial score (nSPS) is 10.1. The fourth-order valence-corrected chi connectivity index (χ4v) is 1.12. The zero-order valence-electron chi connectivity index (χ0n) is 12.2. The number of nitrogens with zero attached hydrogens (tertiary/aromatic N) is 4. The molecule has 2 rings (SSSR count). The minimum Gasteiger partial charge on any atom is -0.399 e. The van der Waals surface area contributed by atoms with Gasteiger partial charge in [-0.05, 0) is 25.5 Å². The predicted octanol–water partition coefficient (Wildman–Crippen LogP) is 1.82. The molecule has 0 saturated heterocycles. The Morgan fingerprint density at radius 2 is 1.83 bits per heavy atom. The van der Waals surface area contributed by atoms with E-state index in [2.05, 4.69) is 15.0 Å². The zero-order valence-corrected chi connectivity index (χ0v) is 11.2. The molecule has 96 valence electrons. The molecule has 2 N–H and O–H groups in total. The third-order valence-electron chi connectivity index (χ3n) is 2.21. The maximum atomic E-state index is 7.18. The molecule has 0 aliphatic rings. The molecule has 0 aliphatic carbocycles. The van der Waals surface area contributed by atoms with E-state index >= 15 is 0 Å². The summed E-state index contributed by atoms with van der Waals surface area (Å²) in [6.45, 7) is 3.74. The van der Waals surface area contributed by atoms with Crippen LogP contribution < -0.4 is 10.6 Å². The fourth-order valence-electron chi connectivity index (χ4n) is 1.12. The van der Waals surface area contributed by atoms with Crippen LogP contribution in [-0.2, 0) is 0 Å². The molecule has 5 heteroatoms. The van der Waals surface area contributed by atoms with Crippen LogP contribution >= 0.6 is 0 Å². The maximum Gasteiger partial charge on any atom is 0.228 e. The molecule has 1 aromatic heterocycles. The molecular formula is C13H19N5. The molecule has 0 saturated carbocycles. The highest BCUT2D eigenvalue weighted by molar-refractivity contribution is 5.44. The number of rotatable bonds is 1. The van der Waals surface area contributed by atoms with Gasteiger partial charge in [0.2, 0.25) is 5.95 Å². The van der Waals surface area contributed by atoms with Crippen molar-refractivity contribution in [1.29, 1.82) is 0 Å². The van der Waals surface area contributed by atoms with Crippen LogP contribution in [0.15, 0.2) is 30.6 Å². The van der Waals surface area contributed by atoms with Crippen LogP contribution in [0.2, 0.25) is 0 Å². The van der Waals surface area contributed by atoms with Gasteiger partial charge >= 0.3 is 0 Å². The molecule has 0 radical (unpaired) electrons. The first-order valence-electron chi connectivity index (χ1n) is 6.08. The van der Waals surface area contributed by atoms with Gasteiger partial charge in [-0.15, -0.1) is 0 Å². The smallest absolute Gasteiger partial charge is 0.228 e. The zero-order chi connectivity index (χ0) is 14.4. The van der Waals surface area contributed by atoms with E-state index in [0.717, 1.165) is 11.3 Å². The SMILES string of the molecule is Cc1ccccc1N.[3H]c1nc(C)nc(N(C)C)n1. The molecular weight excluding hydrogens is 226 g/mol. The molecule has 5 nitrogen and oxygen atoms in total. The summed E-state index contributed by atoms with van der Waals surface area (Å²) in [4.78, 5) is 13.3. The quantitative estimate of drug-likeness (QED) is 0.779. The monoisotopic (exact) mass is 247 g/mol. The second-order valence-corrected chi connectivity index (χ2v) is 4.03. The highest BCUT2D eigenvalue weighted by atomic mass is 15.2. The van der Waals surface area contributed by atoms with E-state index in [9.17, 15) is 0 Å². The van der Waals surface area contributed by atoms with Crippen molar-refractivity contribution in [3.8, 4) is 0 Å². The molecule has 0 amide bonds. The molecule has 18 heavy (non-hydrogen) atoms. The van der Waals surface area contributed by atoms with E-state index in [1.54, 1.807) is 11.8 Å². The average Bonchev–Trinajstić information content (AvgIpc) is 2.32. The molecule has 1 heterocycles. The van der Waals surface area contributed by atoms with Crippen molar-refractivity contribution in [2.24, 2.45) is 0 Å². The summed E-state index contributed by atoms with van der Waals surface area (Å²) in [5, 5.41) is 0. The van der Waals surface area contributed by atoms with Gasteiger partial charge in [0.25, 0.3) is 0 Å². The van der Waals surface area contributed by atoms with Crippen molar-refractivity contribution < 1.29 is 1.37 Å². The summed E-state index contributed by atoms with van der Waals surface area (Å²) in [6, 6.07) is 7.80. The van der Waals surface area contributed by atoms with Gasteiger partial charge in [-0.2, -0.15) is 4.98 Å². The number of hydrogen-bond acceptors (Lipinski definition) is 5. The lowest BCUT2D eigenvalue weighted by molar-refractivity contribution is 0.916. The Balaban J connectivity index is 0.000000200. The standard InChI is InChI=1S/C7H9N.C6H10N4/c1-6-4-2-3-5-7(6)8;1-5-7-4-8-6(9-5)10(2)3/h2-5H,8H2,1H3;4H,1-3H3/i;4T. The lowest BCUT2D eigenvalue weighted by atomic mass is 10.2. The Bertz CT molecular complexity index is 501. The summed E-state index contributed by atoms with van der Waals surface area (Å²) in [7, 11) is 3.66. The Labute approximate surface area is 109 Å². The number of benzene rings is 1. The lowest BCUT2D eigenvalue weighted by Gasteiger charge is -2.08. The van der Waals surface area contributed by atoms with E-state index in [4.69, 9.17) is 7.10 Å². The van der Waals surface area contributed by atoms with Crippen LogP contribution in [0.3, 0.4) is 0 Å². The van der Waals surface area contributed by atoms with Crippen molar-refractivity contribution in [2.45, 2.75) is 13.8 Å². The van der Waals surface area contributed by atoms with Crippen molar-refractivity contribution in [3.05, 3.63) is 42.0 Å². The van der Waals surface area contributed by atoms with Crippen LogP contribution in [-0.4, -0.2) is 29.0 Å². The first kappa shape index (κ1) is 12.3. The van der Waals surface area contributed by atoms with Crippen LogP contribution in [0.25, 0.3) is 0 Å². The fraction of sp³-hybridized carbons (Fsp3) is 0.308. The first-order valence-corrected chi connectivity index (χ1v) is 5.58. The van der Waals surface area contributed by atoms with Crippen LogP contribution in [0.1, 0.15) is 12.8 Å². The maximum absolute atomic E-state index is 7.18. The number of aromatic nitrogens is 3. The summed E-state index contributed by atoms with van der Waals surface area (Å²) in [5.74, 6) is 1.11. The van der Waals surface area contributed by atoms with E-state index in [1.165, 1.54) is 0 Å². The predicted molar refractivity (Wildman–Crippen MR) is 74.5 cm³/mol. The summed E-state index contributed by atoms with van der Waals surface area (Å²) in [6.07, 6.45) is 0.0150. The number of anilines is 2. The highest BCUT2D eigenvalue weighted by Crippen LogP contribution is 2.06. The van der Waals surface area contributed by atoms with E-state index < -0.39 is 0 Å². The Morgan fingerprint density at radius 1 is 1.17 bits per heavy atom. The Kier molecular flexibility index (Phi) is 4.46. The average molecular weight is 247 g/mol. The number of para-hydroxylation sites is 1. The van der Waals surface area contributed by atoms with Gasteiger partial charge in [-0.1, -0.05) is 18.2 Å². The van der Waals surface area contributed by atoms with Crippen LogP contribution in [0.5, 0.6) is 0 Å². The van der Waals surface area contributed by atoms with Gasteiger partial charge in [0, 0.05) is 19.8 Å². The molecule has 0 unspecified atom stereocenters. The summed E-state index contributed by atoms with van der Waals surface area (Å²) < 4.78 is 7.18. The van der Waals surface area contributed by atoms with E-state index in [1.807, 2.05) is 45.3 Å². The third kappa shape index (κ3) is 4.37. The van der Waals surface area contributed by atoms with Gasteiger partial charge in [-0.25, -0.2) is 9.97 Å². The van der Waals surface area contributed by atoms with Gasteiger partial charge in [0.1, 0.15) is 13.5 Å². The molecule has 0 aliphatic heterocycles. The van der Waals surface area contributed by atoms with Crippen molar-refractivity contribution in [2.75, 3.05) is 24.7 Å². The van der Waals surface area contributed by atoms with Gasteiger partial charge in [0.05, 0.1) is 0 Å². The van der Waals surface area contributed by atoms with E-state index in [0.29, 0.717) is 11.8 Å². The van der Waals surface area contributed by atoms with Crippen molar-refractivity contribution in [3.63, 3.8) is 0 Å². The van der Waals surface area contributed by atoms with Crippen LogP contribution in [0.4, 0.5) is 11.6 Å².